The van der Waals surface area contributed by atoms with E-state index < -0.39 is 12.5 Å². The molecule has 0 amide bonds. The van der Waals surface area contributed by atoms with Gasteiger partial charge in [0, 0.05) is 31.1 Å². The molecule has 170 valence electrons. The molecule has 2 aromatic heterocycles. The molecular formula is C22H23F3N4O3. The van der Waals surface area contributed by atoms with Crippen molar-refractivity contribution < 1.29 is 28.1 Å². The number of fused-ring (bicyclic) bond motifs is 1. The molecule has 1 aliphatic carbocycles. The molecule has 32 heavy (non-hydrogen) atoms. The van der Waals surface area contributed by atoms with Crippen molar-refractivity contribution in [2.75, 3.05) is 24.6 Å². The van der Waals surface area contributed by atoms with Gasteiger partial charge in [-0.25, -0.2) is 9.67 Å². The molecule has 1 aromatic carbocycles. The second-order valence-corrected chi connectivity index (χ2v) is 8.41. The number of nitrogens with zero attached hydrogens (tertiary/aromatic N) is 4. The van der Waals surface area contributed by atoms with Crippen LogP contribution in [0.2, 0.25) is 0 Å². The first-order chi connectivity index (χ1) is 15.3. The number of rotatable bonds is 6. The van der Waals surface area contributed by atoms with E-state index in [2.05, 4.69) is 14.6 Å². The van der Waals surface area contributed by atoms with Crippen LogP contribution >= 0.6 is 0 Å². The van der Waals surface area contributed by atoms with Crippen molar-refractivity contribution in [1.29, 1.82) is 0 Å². The Morgan fingerprint density at radius 1 is 1.12 bits per heavy atom. The van der Waals surface area contributed by atoms with E-state index in [-0.39, 0.29) is 18.3 Å². The Bertz CT molecular complexity index is 1110. The van der Waals surface area contributed by atoms with Crippen LogP contribution < -0.4 is 9.64 Å². The lowest BCUT2D eigenvalue weighted by Gasteiger charge is -2.43. The number of aliphatic hydroxyl groups excluding tert-OH is 2. The Labute approximate surface area is 182 Å². The van der Waals surface area contributed by atoms with Crippen LogP contribution in [0, 0.1) is 5.92 Å². The van der Waals surface area contributed by atoms with Gasteiger partial charge in [-0.05, 0) is 43.2 Å². The Morgan fingerprint density at radius 2 is 1.84 bits per heavy atom. The van der Waals surface area contributed by atoms with Gasteiger partial charge in [0.1, 0.15) is 5.75 Å². The molecule has 1 aliphatic heterocycles. The fourth-order valence-electron chi connectivity index (χ4n) is 4.35. The first kappa shape index (κ1) is 21.0. The Balaban J connectivity index is 1.52. The highest BCUT2D eigenvalue weighted by molar-refractivity contribution is 5.93. The summed E-state index contributed by atoms with van der Waals surface area (Å²) in [6.45, 7) is 0.989. The van der Waals surface area contributed by atoms with E-state index in [0.717, 1.165) is 36.0 Å². The van der Waals surface area contributed by atoms with Crippen LogP contribution in [0.5, 0.6) is 5.75 Å². The summed E-state index contributed by atoms with van der Waals surface area (Å²) in [5.41, 5.74) is 3.15. The summed E-state index contributed by atoms with van der Waals surface area (Å²) in [6.07, 6.45) is -0.596. The standard InChI is InChI=1S/C22H23F3N4O3/c23-22(24,25)32-16-6-4-15(5-7-16)29-21-19(20(27-29)13-2-1-3-13)17(8-9-26-21)28-10-14(11-28)18(31)12-30/h4-9,13-14,18,30-31H,1-3,10-12H2. The molecule has 5 rings (SSSR count). The lowest BCUT2D eigenvalue weighted by Crippen LogP contribution is -2.53. The van der Waals surface area contributed by atoms with Crippen LogP contribution in [-0.2, 0) is 0 Å². The van der Waals surface area contributed by atoms with Crippen molar-refractivity contribution in [1.82, 2.24) is 14.8 Å². The number of aliphatic hydroxyl groups is 2. The summed E-state index contributed by atoms with van der Waals surface area (Å²) < 4.78 is 43.1. The largest absolute Gasteiger partial charge is 0.573 e. The zero-order chi connectivity index (χ0) is 22.5. The molecule has 0 bridgehead atoms. The van der Waals surface area contributed by atoms with Crippen LogP contribution in [0.15, 0.2) is 36.5 Å². The summed E-state index contributed by atoms with van der Waals surface area (Å²) in [5, 5.41) is 24.9. The molecule has 7 nitrogen and oxygen atoms in total. The monoisotopic (exact) mass is 448 g/mol. The Morgan fingerprint density at radius 3 is 2.44 bits per heavy atom. The lowest BCUT2D eigenvalue weighted by atomic mass is 9.81. The average molecular weight is 448 g/mol. The first-order valence-electron chi connectivity index (χ1n) is 10.6. The maximum atomic E-state index is 12.5. The van der Waals surface area contributed by atoms with Gasteiger partial charge in [-0.15, -0.1) is 13.2 Å². The van der Waals surface area contributed by atoms with Gasteiger partial charge in [0.05, 0.1) is 35.2 Å². The van der Waals surface area contributed by atoms with Crippen molar-refractivity contribution in [2.45, 2.75) is 37.6 Å². The highest BCUT2D eigenvalue weighted by Crippen LogP contribution is 2.43. The van der Waals surface area contributed by atoms with Crippen LogP contribution in [0.25, 0.3) is 16.7 Å². The zero-order valence-electron chi connectivity index (χ0n) is 17.2. The third-order valence-electron chi connectivity index (χ3n) is 6.36. The van der Waals surface area contributed by atoms with Crippen molar-refractivity contribution in [3.8, 4) is 11.4 Å². The van der Waals surface area contributed by atoms with Crippen molar-refractivity contribution in [3.05, 3.63) is 42.2 Å². The summed E-state index contributed by atoms with van der Waals surface area (Å²) >= 11 is 0. The van der Waals surface area contributed by atoms with E-state index in [4.69, 9.17) is 5.10 Å². The molecule has 2 fully saturated rings. The number of alkyl halides is 3. The smallest absolute Gasteiger partial charge is 0.406 e. The van der Waals surface area contributed by atoms with Crippen LogP contribution in [0.1, 0.15) is 30.9 Å². The second-order valence-electron chi connectivity index (χ2n) is 8.41. The number of benzene rings is 1. The topological polar surface area (TPSA) is 83.6 Å². The van der Waals surface area contributed by atoms with Gasteiger partial charge >= 0.3 is 6.36 Å². The second kappa shape index (κ2) is 7.93. The normalized spacial score (nSPS) is 18.5. The molecule has 3 heterocycles. The molecular weight excluding hydrogens is 425 g/mol. The molecule has 1 saturated carbocycles. The van der Waals surface area contributed by atoms with E-state index in [1.165, 1.54) is 24.3 Å². The van der Waals surface area contributed by atoms with Crippen molar-refractivity contribution in [2.24, 2.45) is 5.92 Å². The predicted molar refractivity (Wildman–Crippen MR) is 111 cm³/mol. The maximum Gasteiger partial charge on any atom is 0.573 e. The van der Waals surface area contributed by atoms with Crippen LogP contribution in [0.3, 0.4) is 0 Å². The van der Waals surface area contributed by atoms with Gasteiger partial charge in [0.15, 0.2) is 5.65 Å². The number of ether oxygens (including phenoxy) is 1. The fraction of sp³-hybridized carbons (Fsp3) is 0.455. The summed E-state index contributed by atoms with van der Waals surface area (Å²) in [7, 11) is 0. The number of halogens is 3. The van der Waals surface area contributed by atoms with E-state index in [0.29, 0.717) is 30.3 Å². The van der Waals surface area contributed by atoms with Gasteiger partial charge < -0.3 is 19.8 Å². The first-order valence-corrected chi connectivity index (χ1v) is 10.6. The van der Waals surface area contributed by atoms with E-state index >= 15 is 0 Å². The molecule has 10 heteroatoms. The van der Waals surface area contributed by atoms with Gasteiger partial charge in [0.2, 0.25) is 0 Å². The SMILES string of the molecule is OCC(O)C1CN(c2ccnc3c2c(C2CCC2)nn3-c2ccc(OC(F)(F)F)cc2)C1. The summed E-state index contributed by atoms with van der Waals surface area (Å²) in [4.78, 5) is 6.69. The van der Waals surface area contributed by atoms with E-state index in [9.17, 15) is 23.4 Å². The average Bonchev–Trinajstić information content (AvgIpc) is 3.05. The van der Waals surface area contributed by atoms with Crippen LogP contribution in [-0.4, -0.2) is 57.1 Å². The van der Waals surface area contributed by atoms with Crippen molar-refractivity contribution >= 4 is 16.7 Å². The van der Waals surface area contributed by atoms with E-state index in [1.807, 2.05) is 6.07 Å². The molecule has 0 radical (unpaired) electrons. The highest BCUT2D eigenvalue weighted by atomic mass is 19.4. The quantitative estimate of drug-likeness (QED) is 0.602. The predicted octanol–water partition coefficient (Wildman–Crippen LogP) is 3.38. The number of pyridine rings is 1. The molecule has 2 N–H and O–H groups in total. The molecule has 1 unspecified atom stereocenters. The van der Waals surface area contributed by atoms with Gasteiger partial charge in [-0.3, -0.25) is 0 Å². The molecule has 2 aliphatic rings. The number of hydrogen-bond acceptors (Lipinski definition) is 6. The van der Waals surface area contributed by atoms with Crippen LogP contribution in [0.4, 0.5) is 18.9 Å². The number of anilines is 1. The summed E-state index contributed by atoms with van der Waals surface area (Å²) in [6, 6.07) is 7.52. The minimum Gasteiger partial charge on any atom is -0.406 e. The third kappa shape index (κ3) is 3.77. The van der Waals surface area contributed by atoms with Gasteiger partial charge in [0.25, 0.3) is 0 Å². The highest BCUT2D eigenvalue weighted by Gasteiger charge is 2.36. The molecule has 1 saturated heterocycles. The van der Waals surface area contributed by atoms with Gasteiger partial charge in [-0.2, -0.15) is 5.10 Å². The molecule has 1 atom stereocenters. The minimum absolute atomic E-state index is 0.00610. The maximum absolute atomic E-state index is 12.5. The van der Waals surface area contributed by atoms with Crippen molar-refractivity contribution in [3.63, 3.8) is 0 Å². The fourth-order valence-corrected chi connectivity index (χ4v) is 4.35. The third-order valence-corrected chi connectivity index (χ3v) is 6.36. The number of aromatic nitrogens is 3. The number of hydrogen-bond donors (Lipinski definition) is 2. The Hall–Kier alpha value is -2.85. The van der Waals surface area contributed by atoms with E-state index in [1.54, 1.807) is 10.9 Å². The van der Waals surface area contributed by atoms with Gasteiger partial charge in [-0.1, -0.05) is 6.42 Å². The Kier molecular flexibility index (Phi) is 5.21. The zero-order valence-corrected chi connectivity index (χ0v) is 17.2. The lowest BCUT2D eigenvalue weighted by molar-refractivity contribution is -0.274. The molecule has 0 spiro atoms. The summed E-state index contributed by atoms with van der Waals surface area (Å²) in [5.74, 6) is 0.0286. The molecule has 3 aromatic rings. The minimum atomic E-state index is -4.74.